The van der Waals surface area contributed by atoms with Crippen LogP contribution in [0.3, 0.4) is 0 Å². The Hall–Kier alpha value is -2.74. The molecule has 1 amide bonds. The van der Waals surface area contributed by atoms with E-state index in [2.05, 4.69) is 15.4 Å². The minimum absolute atomic E-state index is 0.126. The lowest BCUT2D eigenvalue weighted by Gasteiger charge is -2.33. The van der Waals surface area contributed by atoms with Crippen molar-refractivity contribution in [2.45, 2.75) is 18.9 Å². The Morgan fingerprint density at radius 2 is 1.68 bits per heavy atom. The molecule has 1 fully saturated rings. The van der Waals surface area contributed by atoms with Crippen LogP contribution in [-0.2, 0) is 0 Å². The van der Waals surface area contributed by atoms with Gasteiger partial charge in [0.25, 0.3) is 5.91 Å². The monoisotopic (exact) mass is 509 g/mol. The zero-order valence-electron chi connectivity index (χ0n) is 18.0. The Labute approximate surface area is 213 Å². The molecule has 1 aliphatic heterocycles. The number of carbonyl (C=O) groups excluding carboxylic acids is 1. The first-order chi connectivity index (χ1) is 16.4. The summed E-state index contributed by atoms with van der Waals surface area (Å²) in [6, 6.07) is 14.7. The number of rotatable bonds is 4. The molecule has 1 saturated heterocycles. The van der Waals surface area contributed by atoms with Gasteiger partial charge in [-0.3, -0.25) is 4.79 Å². The van der Waals surface area contributed by atoms with Gasteiger partial charge in [0, 0.05) is 42.0 Å². The van der Waals surface area contributed by atoms with Crippen LogP contribution < -0.4 is 10.8 Å². The molecule has 0 spiro atoms. The van der Waals surface area contributed by atoms with Crippen LogP contribution >= 0.6 is 34.8 Å². The molecule has 10 heteroatoms. The predicted octanol–water partition coefficient (Wildman–Crippen LogP) is 4.87. The van der Waals surface area contributed by atoms with E-state index in [-0.39, 0.29) is 11.9 Å². The third-order valence-corrected chi connectivity index (χ3v) is 6.92. The molecule has 0 unspecified atom stereocenters. The van der Waals surface area contributed by atoms with Gasteiger partial charge in [0.1, 0.15) is 13.7 Å². The molecule has 2 aromatic carbocycles. The average molecular weight is 511 g/mol. The summed E-state index contributed by atoms with van der Waals surface area (Å²) < 4.78 is 1.69. The van der Waals surface area contributed by atoms with E-state index in [9.17, 15) is 4.79 Å². The first-order valence-electron chi connectivity index (χ1n) is 10.8. The number of piperidine rings is 1. The van der Waals surface area contributed by atoms with E-state index in [1.54, 1.807) is 33.8 Å². The highest BCUT2D eigenvalue weighted by molar-refractivity contribution is 6.39. The zero-order chi connectivity index (χ0) is 23.8. The molecule has 0 saturated carbocycles. The van der Waals surface area contributed by atoms with Crippen LogP contribution in [0.5, 0.6) is 0 Å². The van der Waals surface area contributed by atoms with E-state index in [0.29, 0.717) is 50.5 Å². The van der Waals surface area contributed by atoms with Gasteiger partial charge in [-0.05, 0) is 36.5 Å². The smallest absolute Gasteiger partial charge is 0.256 e. The Bertz CT molecular complexity index is 1360. The van der Waals surface area contributed by atoms with Gasteiger partial charge in [0.2, 0.25) is 0 Å². The van der Waals surface area contributed by atoms with Gasteiger partial charge < -0.3 is 10.2 Å². The summed E-state index contributed by atoms with van der Waals surface area (Å²) >= 11 is 18.9. The number of carbonyl (C=O) groups is 1. The van der Waals surface area contributed by atoms with Crippen LogP contribution in [0, 0.1) is 0 Å². The number of nitrogens with zero attached hydrogens (tertiary/aromatic N) is 4. The van der Waals surface area contributed by atoms with Crippen molar-refractivity contribution in [1.82, 2.24) is 19.5 Å². The number of amides is 1. The molecule has 0 aliphatic carbocycles. The van der Waals surface area contributed by atoms with Gasteiger partial charge in [-0.1, -0.05) is 59.1 Å². The fourth-order valence-corrected chi connectivity index (χ4v) is 4.98. The lowest BCUT2D eigenvalue weighted by Crippen LogP contribution is -2.42. The van der Waals surface area contributed by atoms with E-state index in [0.717, 1.165) is 24.2 Å². The van der Waals surface area contributed by atoms with Crippen molar-refractivity contribution in [3.63, 3.8) is 0 Å². The predicted molar refractivity (Wildman–Crippen MR) is 138 cm³/mol. The van der Waals surface area contributed by atoms with Crippen molar-refractivity contribution >= 4 is 65.5 Å². The van der Waals surface area contributed by atoms with Gasteiger partial charge >= 0.3 is 0 Å². The standard InChI is InChI=1S/C24H19BCl3N5O/c25-16-13-29-33-21(12-20(31-23(16)33)15-4-1-2-5-17(15)26)30-14-8-10-32(11-9-14)24(34)22-18(27)6-3-7-19(22)28/h1-7,12-14,30H,8-11H2. The SMILES string of the molecule is [B]c1cnn2c(NC3CCN(C(=O)c4c(Cl)cccc4Cl)CC3)cc(-c3ccccc3Cl)nc12. The Balaban J connectivity index is 1.37. The van der Waals surface area contributed by atoms with Crippen LogP contribution in [0.2, 0.25) is 15.1 Å². The topological polar surface area (TPSA) is 62.5 Å². The molecule has 0 atom stereocenters. The summed E-state index contributed by atoms with van der Waals surface area (Å²) in [6.45, 7) is 1.15. The fraction of sp³-hybridized carbons (Fsp3) is 0.208. The fourth-order valence-electron chi connectivity index (χ4n) is 4.19. The molecule has 4 aromatic rings. The highest BCUT2D eigenvalue weighted by atomic mass is 35.5. The summed E-state index contributed by atoms with van der Waals surface area (Å²) in [7, 11) is 6.12. The number of benzene rings is 2. The summed E-state index contributed by atoms with van der Waals surface area (Å²) in [4.78, 5) is 19.5. The van der Waals surface area contributed by atoms with Crippen molar-refractivity contribution in [2.75, 3.05) is 18.4 Å². The number of likely N-dealkylation sites (tertiary alicyclic amines) is 1. The molecule has 0 bridgehead atoms. The third kappa shape index (κ3) is 4.36. The number of fused-ring (bicyclic) bond motifs is 1. The lowest BCUT2D eigenvalue weighted by atomic mass is 10.0. The molecule has 5 rings (SSSR count). The molecule has 1 N–H and O–H groups in total. The first kappa shape index (κ1) is 23.0. The highest BCUT2D eigenvalue weighted by Gasteiger charge is 2.27. The lowest BCUT2D eigenvalue weighted by molar-refractivity contribution is 0.0719. The molecule has 1 aliphatic rings. The van der Waals surface area contributed by atoms with Gasteiger partial charge in [-0.15, -0.1) is 0 Å². The van der Waals surface area contributed by atoms with E-state index in [1.807, 2.05) is 30.3 Å². The Kier molecular flexibility index (Phi) is 6.43. The molecular formula is C24H19BCl3N5O. The van der Waals surface area contributed by atoms with Gasteiger partial charge in [0.15, 0.2) is 5.65 Å². The summed E-state index contributed by atoms with van der Waals surface area (Å²) in [5.41, 5.74) is 2.90. The molecule has 34 heavy (non-hydrogen) atoms. The second kappa shape index (κ2) is 9.49. The van der Waals surface area contributed by atoms with Crippen molar-refractivity contribution in [2.24, 2.45) is 0 Å². The Morgan fingerprint density at radius 3 is 2.38 bits per heavy atom. The summed E-state index contributed by atoms with van der Waals surface area (Å²) in [5.74, 6) is 0.608. The average Bonchev–Trinajstić information content (AvgIpc) is 3.20. The van der Waals surface area contributed by atoms with Crippen molar-refractivity contribution < 1.29 is 4.79 Å². The number of hydrogen-bond donors (Lipinski definition) is 1. The minimum Gasteiger partial charge on any atom is -0.367 e. The Morgan fingerprint density at radius 1 is 1.00 bits per heavy atom. The summed E-state index contributed by atoms with van der Waals surface area (Å²) in [6.07, 6.45) is 3.07. The second-order valence-corrected chi connectivity index (χ2v) is 9.37. The normalized spacial score (nSPS) is 14.5. The molecule has 170 valence electrons. The maximum Gasteiger partial charge on any atom is 0.256 e. The second-order valence-electron chi connectivity index (χ2n) is 8.15. The largest absolute Gasteiger partial charge is 0.367 e. The maximum absolute atomic E-state index is 13.0. The van der Waals surface area contributed by atoms with Crippen molar-refractivity contribution in [3.8, 4) is 11.3 Å². The third-order valence-electron chi connectivity index (χ3n) is 5.96. The van der Waals surface area contributed by atoms with E-state index >= 15 is 0 Å². The number of nitrogens with one attached hydrogen (secondary N) is 1. The van der Waals surface area contributed by atoms with Gasteiger partial charge in [0.05, 0.1) is 21.3 Å². The molecule has 6 nitrogen and oxygen atoms in total. The zero-order valence-corrected chi connectivity index (χ0v) is 20.3. The number of anilines is 1. The van der Waals surface area contributed by atoms with Crippen LogP contribution in [0.4, 0.5) is 5.82 Å². The molecule has 3 heterocycles. The highest BCUT2D eigenvalue weighted by Crippen LogP contribution is 2.30. The first-order valence-corrected chi connectivity index (χ1v) is 11.9. The van der Waals surface area contributed by atoms with Crippen LogP contribution in [0.25, 0.3) is 16.9 Å². The molecular weight excluding hydrogens is 491 g/mol. The van der Waals surface area contributed by atoms with Crippen molar-refractivity contribution in [3.05, 3.63) is 75.4 Å². The number of halogens is 3. The van der Waals surface area contributed by atoms with Crippen LogP contribution in [-0.4, -0.2) is 52.4 Å². The van der Waals surface area contributed by atoms with Gasteiger partial charge in [-0.2, -0.15) is 9.61 Å². The molecule has 2 aromatic heterocycles. The van der Waals surface area contributed by atoms with E-state index in [1.165, 1.54) is 0 Å². The van der Waals surface area contributed by atoms with Crippen LogP contribution in [0.1, 0.15) is 23.2 Å². The number of hydrogen-bond acceptors (Lipinski definition) is 4. The van der Waals surface area contributed by atoms with Crippen molar-refractivity contribution in [1.29, 1.82) is 0 Å². The molecule has 2 radical (unpaired) electrons. The minimum atomic E-state index is -0.152. The van der Waals surface area contributed by atoms with Gasteiger partial charge in [-0.25, -0.2) is 4.98 Å². The van der Waals surface area contributed by atoms with E-state index in [4.69, 9.17) is 42.6 Å². The maximum atomic E-state index is 13.0. The quantitative estimate of drug-likeness (QED) is 0.398. The van der Waals surface area contributed by atoms with Crippen LogP contribution in [0.15, 0.2) is 54.7 Å². The number of aromatic nitrogens is 3. The van der Waals surface area contributed by atoms with E-state index < -0.39 is 0 Å². The summed E-state index contributed by atoms with van der Waals surface area (Å²) in [5, 5.41) is 9.27.